The van der Waals surface area contributed by atoms with Crippen molar-refractivity contribution in [3.8, 4) is 11.8 Å². The second kappa shape index (κ2) is 3.51. The molecule has 1 saturated carbocycles. The molecule has 0 heterocycles. The summed E-state index contributed by atoms with van der Waals surface area (Å²) >= 11 is 0. The maximum atomic E-state index is 10.7. The lowest BCUT2D eigenvalue weighted by Crippen LogP contribution is -2.41. The normalized spacial score (nSPS) is 16.7. The van der Waals surface area contributed by atoms with E-state index in [2.05, 4.69) is 37.6 Å². The van der Waals surface area contributed by atoms with Gasteiger partial charge in [-0.3, -0.25) is 9.69 Å². The average Bonchev–Trinajstić information content (AvgIpc) is 2.82. The van der Waals surface area contributed by atoms with Gasteiger partial charge in [0.05, 0.1) is 5.54 Å². The third-order valence-corrected chi connectivity index (χ3v) is 2.52. The number of Topliss-reactive ketones (excluding diaryl/α,β-unsaturated/α-hetero) is 1. The van der Waals surface area contributed by atoms with Gasteiger partial charge in [-0.2, -0.15) is 0 Å². The molecule has 1 aliphatic rings. The summed E-state index contributed by atoms with van der Waals surface area (Å²) in [5, 5.41) is 0. The molecule has 0 saturated heterocycles. The van der Waals surface area contributed by atoms with E-state index in [1.807, 2.05) is 0 Å². The topological polar surface area (TPSA) is 20.3 Å². The molecule has 0 aromatic heterocycles. The third-order valence-electron chi connectivity index (χ3n) is 2.52. The molecule has 0 aromatic rings. The number of carbonyl (C=O) groups is 1. The second-order valence-corrected chi connectivity index (χ2v) is 4.21. The molecule has 72 valence electrons. The molecule has 0 amide bonds. The smallest absolute Gasteiger partial charge is 0.202 e. The SMILES string of the molecule is CC(=O)C#CC(C)(C)N(C)C1CC1. The number of hydrogen-bond donors (Lipinski definition) is 0. The maximum Gasteiger partial charge on any atom is 0.202 e. The van der Waals surface area contributed by atoms with E-state index in [1.165, 1.54) is 19.8 Å². The van der Waals surface area contributed by atoms with Gasteiger partial charge in [-0.1, -0.05) is 5.92 Å². The molecule has 0 bridgehead atoms. The van der Waals surface area contributed by atoms with E-state index in [-0.39, 0.29) is 11.3 Å². The van der Waals surface area contributed by atoms with Crippen molar-refractivity contribution < 1.29 is 4.79 Å². The van der Waals surface area contributed by atoms with E-state index in [0.717, 1.165) is 0 Å². The zero-order chi connectivity index (χ0) is 10.1. The van der Waals surface area contributed by atoms with Crippen molar-refractivity contribution in [2.75, 3.05) is 7.05 Å². The molecule has 0 radical (unpaired) electrons. The van der Waals surface area contributed by atoms with Crippen LogP contribution in [0.15, 0.2) is 0 Å². The van der Waals surface area contributed by atoms with E-state index in [4.69, 9.17) is 0 Å². The van der Waals surface area contributed by atoms with Crippen LogP contribution in [0.25, 0.3) is 0 Å². The fourth-order valence-corrected chi connectivity index (χ4v) is 1.25. The third kappa shape index (κ3) is 2.86. The molecule has 1 aliphatic carbocycles. The Morgan fingerprint density at radius 2 is 2.00 bits per heavy atom. The van der Waals surface area contributed by atoms with E-state index >= 15 is 0 Å². The van der Waals surface area contributed by atoms with Gasteiger partial charge in [-0.05, 0) is 39.7 Å². The lowest BCUT2D eigenvalue weighted by Gasteiger charge is -2.30. The fourth-order valence-electron chi connectivity index (χ4n) is 1.25. The van der Waals surface area contributed by atoms with Crippen molar-refractivity contribution >= 4 is 5.78 Å². The van der Waals surface area contributed by atoms with Gasteiger partial charge in [0.2, 0.25) is 5.78 Å². The van der Waals surface area contributed by atoms with Crippen molar-refractivity contribution in [1.82, 2.24) is 4.90 Å². The minimum absolute atomic E-state index is 0.0581. The number of nitrogens with zero attached hydrogens (tertiary/aromatic N) is 1. The highest BCUT2D eigenvalue weighted by molar-refractivity contribution is 5.93. The van der Waals surface area contributed by atoms with Crippen molar-refractivity contribution in [1.29, 1.82) is 0 Å². The molecule has 1 rings (SSSR count). The molecule has 0 atom stereocenters. The largest absolute Gasteiger partial charge is 0.288 e. The molecule has 0 aliphatic heterocycles. The van der Waals surface area contributed by atoms with Gasteiger partial charge in [0.15, 0.2) is 0 Å². The summed E-state index contributed by atoms with van der Waals surface area (Å²) in [6, 6.07) is 0.677. The van der Waals surface area contributed by atoms with Crippen LogP contribution >= 0.6 is 0 Å². The van der Waals surface area contributed by atoms with Gasteiger partial charge in [-0.15, -0.1) is 0 Å². The Hall–Kier alpha value is -0.810. The molecular formula is C11H17NO. The van der Waals surface area contributed by atoms with Crippen LogP contribution < -0.4 is 0 Å². The number of ketones is 1. The van der Waals surface area contributed by atoms with Crippen LogP contribution in [0.1, 0.15) is 33.6 Å². The fraction of sp³-hybridized carbons (Fsp3) is 0.727. The summed E-state index contributed by atoms with van der Waals surface area (Å²) in [6.07, 6.45) is 2.53. The van der Waals surface area contributed by atoms with Gasteiger partial charge >= 0.3 is 0 Å². The summed E-state index contributed by atoms with van der Waals surface area (Å²) in [5.41, 5.74) is -0.174. The molecule has 0 unspecified atom stereocenters. The Morgan fingerprint density at radius 3 is 2.38 bits per heavy atom. The molecule has 0 aromatic carbocycles. The summed E-state index contributed by atoms with van der Waals surface area (Å²) < 4.78 is 0. The highest BCUT2D eigenvalue weighted by Crippen LogP contribution is 2.30. The van der Waals surface area contributed by atoms with E-state index in [0.29, 0.717) is 6.04 Å². The molecule has 0 spiro atoms. The van der Waals surface area contributed by atoms with Crippen LogP contribution in [-0.2, 0) is 4.79 Å². The zero-order valence-electron chi connectivity index (χ0n) is 8.85. The highest BCUT2D eigenvalue weighted by Gasteiger charge is 2.34. The Labute approximate surface area is 80.3 Å². The van der Waals surface area contributed by atoms with Crippen molar-refractivity contribution in [3.05, 3.63) is 0 Å². The Kier molecular flexibility index (Phi) is 2.77. The Balaban J connectivity index is 2.64. The van der Waals surface area contributed by atoms with Gasteiger partial charge in [0.25, 0.3) is 0 Å². The quantitative estimate of drug-likeness (QED) is 0.472. The molecule has 2 heteroatoms. The standard InChI is InChI=1S/C11H17NO/c1-9(13)7-8-11(2,3)12(4)10-5-6-10/h10H,5-6H2,1-4H3. The summed E-state index contributed by atoms with van der Waals surface area (Å²) in [5.74, 6) is 5.57. The van der Waals surface area contributed by atoms with Gasteiger partial charge in [0.1, 0.15) is 0 Å². The molecule has 1 fully saturated rings. The minimum Gasteiger partial charge on any atom is -0.288 e. The summed E-state index contributed by atoms with van der Waals surface area (Å²) in [4.78, 5) is 13.0. The Morgan fingerprint density at radius 1 is 1.46 bits per heavy atom. The predicted octanol–water partition coefficient (Wildman–Crippen LogP) is 1.45. The van der Waals surface area contributed by atoms with Gasteiger partial charge < -0.3 is 0 Å². The van der Waals surface area contributed by atoms with Crippen LogP contribution in [0.2, 0.25) is 0 Å². The Bertz CT molecular complexity index is 266. The van der Waals surface area contributed by atoms with Crippen LogP contribution in [0.4, 0.5) is 0 Å². The first-order chi connectivity index (χ1) is 5.93. The lowest BCUT2D eigenvalue weighted by atomic mass is 10.0. The predicted molar refractivity (Wildman–Crippen MR) is 53.3 cm³/mol. The van der Waals surface area contributed by atoms with Gasteiger partial charge in [0, 0.05) is 13.0 Å². The number of carbonyl (C=O) groups excluding carboxylic acids is 1. The summed E-state index contributed by atoms with van der Waals surface area (Å²) in [7, 11) is 2.08. The summed E-state index contributed by atoms with van der Waals surface area (Å²) in [6.45, 7) is 5.61. The van der Waals surface area contributed by atoms with E-state index in [9.17, 15) is 4.79 Å². The molecular weight excluding hydrogens is 162 g/mol. The monoisotopic (exact) mass is 179 g/mol. The molecule has 0 N–H and O–H groups in total. The van der Waals surface area contributed by atoms with E-state index < -0.39 is 0 Å². The van der Waals surface area contributed by atoms with Crippen LogP contribution in [0.5, 0.6) is 0 Å². The second-order valence-electron chi connectivity index (χ2n) is 4.21. The number of rotatable bonds is 2. The highest BCUT2D eigenvalue weighted by atomic mass is 16.1. The number of hydrogen-bond acceptors (Lipinski definition) is 2. The molecule has 13 heavy (non-hydrogen) atoms. The maximum absolute atomic E-state index is 10.7. The first kappa shape index (κ1) is 10.3. The average molecular weight is 179 g/mol. The van der Waals surface area contributed by atoms with Crippen molar-refractivity contribution in [3.63, 3.8) is 0 Å². The first-order valence-corrected chi connectivity index (χ1v) is 4.70. The van der Waals surface area contributed by atoms with Crippen LogP contribution in [0.3, 0.4) is 0 Å². The van der Waals surface area contributed by atoms with E-state index in [1.54, 1.807) is 0 Å². The zero-order valence-corrected chi connectivity index (χ0v) is 8.85. The lowest BCUT2D eigenvalue weighted by molar-refractivity contribution is -0.111. The van der Waals surface area contributed by atoms with Crippen LogP contribution in [-0.4, -0.2) is 29.3 Å². The first-order valence-electron chi connectivity index (χ1n) is 4.70. The molecule has 2 nitrogen and oxygen atoms in total. The van der Waals surface area contributed by atoms with Crippen molar-refractivity contribution in [2.45, 2.75) is 45.2 Å². The van der Waals surface area contributed by atoms with Gasteiger partial charge in [-0.25, -0.2) is 0 Å². The minimum atomic E-state index is -0.174. The van der Waals surface area contributed by atoms with Crippen LogP contribution in [0, 0.1) is 11.8 Å². The van der Waals surface area contributed by atoms with Crippen molar-refractivity contribution in [2.24, 2.45) is 0 Å².